The monoisotopic (exact) mass is 566 g/mol. The minimum Gasteiger partial charge on any atom is -0.480 e. The molecule has 0 heterocycles. The highest BCUT2D eigenvalue weighted by Gasteiger charge is 2.39. The average molecular weight is 567 g/mol. The second-order valence-corrected chi connectivity index (χ2v) is 13.2. The molecule has 2 aliphatic carbocycles. The van der Waals surface area contributed by atoms with Gasteiger partial charge in [-0.15, -0.1) is 0 Å². The molecule has 5 nitrogen and oxygen atoms in total. The highest BCUT2D eigenvalue weighted by atomic mass is 32.2. The summed E-state index contributed by atoms with van der Waals surface area (Å²) >= 11 is 1.58. The van der Waals surface area contributed by atoms with Gasteiger partial charge in [-0.25, -0.2) is 4.79 Å². The number of aryl methyl sites for hydroxylation is 1. The number of rotatable bonds is 13. The third kappa shape index (κ3) is 8.36. The summed E-state index contributed by atoms with van der Waals surface area (Å²) in [5.41, 5.74) is 4.83. The van der Waals surface area contributed by atoms with Crippen LogP contribution in [-0.2, 0) is 11.3 Å². The normalized spacial score (nSPS) is 16.8. The van der Waals surface area contributed by atoms with E-state index in [1.807, 2.05) is 24.5 Å². The second-order valence-electron chi connectivity index (χ2n) is 12.2. The van der Waals surface area contributed by atoms with Gasteiger partial charge in [0.25, 0.3) is 5.91 Å². The second kappa shape index (κ2) is 14.5. The minimum absolute atomic E-state index is 0. The van der Waals surface area contributed by atoms with Gasteiger partial charge in [-0.1, -0.05) is 69.9 Å². The number of carboxylic acid groups (broad SMARTS) is 1. The van der Waals surface area contributed by atoms with Crippen molar-refractivity contribution in [2.75, 3.05) is 12.0 Å². The predicted octanol–water partition coefficient (Wildman–Crippen LogP) is 7.95. The lowest BCUT2D eigenvalue weighted by Gasteiger charge is -2.42. The molecule has 2 saturated carbocycles. The molecule has 0 bridgehead atoms. The van der Waals surface area contributed by atoms with E-state index >= 15 is 0 Å². The van der Waals surface area contributed by atoms with Crippen molar-refractivity contribution in [1.82, 2.24) is 10.2 Å². The Labute approximate surface area is 246 Å². The maximum absolute atomic E-state index is 13.5. The van der Waals surface area contributed by atoms with Gasteiger partial charge in [0, 0.05) is 23.7 Å². The molecule has 1 amide bonds. The summed E-state index contributed by atoms with van der Waals surface area (Å²) in [6.07, 6.45) is 12.9. The lowest BCUT2D eigenvalue weighted by atomic mass is 9.80. The fourth-order valence-corrected chi connectivity index (χ4v) is 6.82. The van der Waals surface area contributed by atoms with Crippen LogP contribution in [0.4, 0.5) is 0 Å². The molecular weight excluding hydrogens is 516 g/mol. The number of carbonyl (C=O) groups excluding carboxylic acids is 1. The van der Waals surface area contributed by atoms with Crippen LogP contribution in [0.1, 0.15) is 101 Å². The molecule has 2 N–H and O–H groups in total. The minimum atomic E-state index is -0.994. The molecule has 0 aromatic heterocycles. The van der Waals surface area contributed by atoms with Crippen molar-refractivity contribution >= 4 is 23.6 Å². The molecule has 6 heteroatoms. The Hall–Kier alpha value is -2.31. The van der Waals surface area contributed by atoms with Gasteiger partial charge in [0.15, 0.2) is 0 Å². The van der Waals surface area contributed by atoms with Crippen LogP contribution >= 0.6 is 11.8 Å². The number of aliphatic carboxylic acids is 1. The molecule has 0 unspecified atom stereocenters. The van der Waals surface area contributed by atoms with Gasteiger partial charge in [0.05, 0.1) is 0 Å². The van der Waals surface area contributed by atoms with Crippen LogP contribution in [0.25, 0.3) is 11.1 Å². The first-order valence-electron chi connectivity index (χ1n) is 14.7. The van der Waals surface area contributed by atoms with E-state index in [1.54, 1.807) is 11.8 Å². The zero-order valence-corrected chi connectivity index (χ0v) is 25.0. The summed E-state index contributed by atoms with van der Waals surface area (Å²) in [4.78, 5) is 28.0. The Balaban J connectivity index is 0.00000441. The maximum atomic E-state index is 13.5. The Morgan fingerprint density at radius 2 is 1.75 bits per heavy atom. The lowest BCUT2D eigenvalue weighted by Crippen LogP contribution is -2.46. The van der Waals surface area contributed by atoms with Crippen LogP contribution < -0.4 is 5.32 Å². The van der Waals surface area contributed by atoms with Crippen molar-refractivity contribution < 1.29 is 14.7 Å². The number of nitrogens with zero attached hydrogens (tertiary/aromatic N) is 1. The van der Waals surface area contributed by atoms with Crippen molar-refractivity contribution in [3.63, 3.8) is 0 Å². The standard InChI is InChI=1S/C33H46N2O3S.CH4/c1-23-10-8-9-13-27(23)29-20-25(14-17-28(29)31(36)34-30(32(37)38)18-19-39-4)22-35(26-15-16-26)33(2,3)21-24-11-6-5-7-12-24;/h8-10,13-14,17,20,24,26,30H,5-7,11-12,15-16,18-19,21-22H2,1-4H3,(H,34,36)(H,37,38);1H4/t30-;/m0./s1. The first-order valence-corrected chi connectivity index (χ1v) is 16.1. The molecule has 2 aromatic carbocycles. The largest absolute Gasteiger partial charge is 0.480 e. The number of hydrogen-bond donors (Lipinski definition) is 2. The molecule has 1 atom stereocenters. The summed E-state index contributed by atoms with van der Waals surface area (Å²) in [6, 6.07) is 14.0. The van der Waals surface area contributed by atoms with Crippen LogP contribution in [0.5, 0.6) is 0 Å². The van der Waals surface area contributed by atoms with E-state index in [0.29, 0.717) is 23.8 Å². The van der Waals surface area contributed by atoms with Crippen LogP contribution in [0.15, 0.2) is 42.5 Å². The molecule has 2 aromatic rings. The van der Waals surface area contributed by atoms with Crippen molar-refractivity contribution in [3.8, 4) is 11.1 Å². The van der Waals surface area contributed by atoms with E-state index in [-0.39, 0.29) is 18.9 Å². The van der Waals surface area contributed by atoms with Gasteiger partial charge in [-0.05, 0) is 98.8 Å². The van der Waals surface area contributed by atoms with E-state index in [4.69, 9.17) is 0 Å². The van der Waals surface area contributed by atoms with E-state index in [2.05, 4.69) is 55.3 Å². The Bertz CT molecular complexity index is 1140. The van der Waals surface area contributed by atoms with Crippen molar-refractivity contribution in [2.45, 2.75) is 110 Å². The quantitative estimate of drug-likeness (QED) is 0.257. The van der Waals surface area contributed by atoms with Gasteiger partial charge in [-0.2, -0.15) is 11.8 Å². The third-order valence-electron chi connectivity index (χ3n) is 8.61. The molecule has 0 saturated heterocycles. The van der Waals surface area contributed by atoms with Crippen LogP contribution in [0.2, 0.25) is 0 Å². The molecule has 40 heavy (non-hydrogen) atoms. The molecule has 2 fully saturated rings. The molecule has 0 spiro atoms. The van der Waals surface area contributed by atoms with Crippen LogP contribution in [-0.4, -0.2) is 51.5 Å². The number of nitrogens with one attached hydrogen (secondary N) is 1. The topological polar surface area (TPSA) is 69.6 Å². The summed E-state index contributed by atoms with van der Waals surface area (Å²) in [5, 5.41) is 12.5. The van der Waals surface area contributed by atoms with Gasteiger partial charge in [0.1, 0.15) is 6.04 Å². The number of benzene rings is 2. The lowest BCUT2D eigenvalue weighted by molar-refractivity contribution is -0.139. The Kier molecular flexibility index (Phi) is 11.7. The highest BCUT2D eigenvalue weighted by molar-refractivity contribution is 7.98. The van der Waals surface area contributed by atoms with Crippen LogP contribution in [0, 0.1) is 12.8 Å². The smallest absolute Gasteiger partial charge is 0.326 e. The Morgan fingerprint density at radius 1 is 1.05 bits per heavy atom. The molecule has 0 radical (unpaired) electrons. The first kappa shape index (κ1) is 32.2. The molecule has 0 aliphatic heterocycles. The summed E-state index contributed by atoms with van der Waals surface area (Å²) in [5.74, 6) is 0.169. The number of carboxylic acids is 1. The van der Waals surface area contributed by atoms with Gasteiger partial charge < -0.3 is 10.4 Å². The van der Waals surface area contributed by atoms with Crippen molar-refractivity contribution in [3.05, 3.63) is 59.2 Å². The highest BCUT2D eigenvalue weighted by Crippen LogP contribution is 2.40. The van der Waals surface area contributed by atoms with E-state index in [0.717, 1.165) is 29.2 Å². The van der Waals surface area contributed by atoms with Crippen LogP contribution in [0.3, 0.4) is 0 Å². The third-order valence-corrected chi connectivity index (χ3v) is 9.25. The van der Waals surface area contributed by atoms with Gasteiger partial charge in [0.2, 0.25) is 0 Å². The number of thioether (sulfide) groups is 1. The van der Waals surface area contributed by atoms with E-state index in [1.165, 1.54) is 56.9 Å². The number of amides is 1. The summed E-state index contributed by atoms with van der Waals surface area (Å²) in [7, 11) is 0. The molecular formula is C34H50N2O3S. The zero-order valence-electron chi connectivity index (χ0n) is 24.2. The molecule has 4 rings (SSSR count). The fourth-order valence-electron chi connectivity index (χ4n) is 6.35. The Morgan fingerprint density at radius 3 is 2.38 bits per heavy atom. The van der Waals surface area contributed by atoms with E-state index in [9.17, 15) is 14.7 Å². The molecule has 2 aliphatic rings. The summed E-state index contributed by atoms with van der Waals surface area (Å²) < 4.78 is 0. The van der Waals surface area contributed by atoms with Gasteiger partial charge in [-0.3, -0.25) is 9.69 Å². The molecule has 220 valence electrons. The van der Waals surface area contributed by atoms with E-state index < -0.39 is 12.0 Å². The maximum Gasteiger partial charge on any atom is 0.326 e. The van der Waals surface area contributed by atoms with Gasteiger partial charge >= 0.3 is 5.97 Å². The SMILES string of the molecule is C.CSCC[C@H](NC(=O)c1ccc(CN(C2CC2)C(C)(C)CC2CCCCC2)cc1-c1ccccc1C)C(=O)O. The predicted molar refractivity (Wildman–Crippen MR) is 169 cm³/mol. The number of carbonyl (C=O) groups is 2. The first-order chi connectivity index (χ1) is 18.7. The number of hydrogen-bond acceptors (Lipinski definition) is 4. The average Bonchev–Trinajstić information content (AvgIpc) is 3.75. The fraction of sp³-hybridized carbons (Fsp3) is 0.588. The van der Waals surface area contributed by atoms with Crippen molar-refractivity contribution in [1.29, 1.82) is 0 Å². The zero-order chi connectivity index (χ0) is 28.0. The van der Waals surface area contributed by atoms with Crippen molar-refractivity contribution in [2.24, 2.45) is 5.92 Å². The summed E-state index contributed by atoms with van der Waals surface area (Å²) in [6.45, 7) is 7.76.